The van der Waals surface area contributed by atoms with E-state index in [2.05, 4.69) is 20.6 Å². The van der Waals surface area contributed by atoms with Gasteiger partial charge in [-0.15, -0.1) is 0 Å². The molecule has 3 aliphatic rings. The Hall–Kier alpha value is -4.82. The van der Waals surface area contributed by atoms with Gasteiger partial charge in [-0.2, -0.15) is 13.2 Å². The molecule has 49 heavy (non-hydrogen) atoms. The number of nitrogens with one attached hydrogen (secondary N) is 2. The Morgan fingerprint density at radius 3 is 2.51 bits per heavy atom. The number of aliphatic hydroxyl groups is 2. The Bertz CT molecular complexity index is 1950. The number of pyridine rings is 2. The summed E-state index contributed by atoms with van der Waals surface area (Å²) in [5.41, 5.74) is -5.63. The van der Waals surface area contributed by atoms with Crippen molar-refractivity contribution in [1.29, 1.82) is 0 Å². The van der Waals surface area contributed by atoms with Crippen LogP contribution in [-0.4, -0.2) is 69.6 Å². The molecule has 4 aromatic rings. The van der Waals surface area contributed by atoms with Crippen molar-refractivity contribution in [2.75, 3.05) is 13.2 Å². The summed E-state index contributed by atoms with van der Waals surface area (Å²) in [4.78, 5) is 35.5. The van der Waals surface area contributed by atoms with Crippen LogP contribution >= 0.6 is 0 Å². The molecule has 14 heteroatoms. The van der Waals surface area contributed by atoms with Gasteiger partial charge >= 0.3 is 6.18 Å². The van der Waals surface area contributed by atoms with Gasteiger partial charge < -0.3 is 30.3 Å². The van der Waals surface area contributed by atoms with Gasteiger partial charge in [0.15, 0.2) is 0 Å². The van der Waals surface area contributed by atoms with Crippen molar-refractivity contribution in [2.45, 2.75) is 68.0 Å². The molecular formula is C35H32F4N4O6. The fraction of sp³-hybridized carbons (Fsp3) is 0.371. The Labute approximate surface area is 277 Å². The van der Waals surface area contributed by atoms with Crippen molar-refractivity contribution in [3.05, 3.63) is 83.4 Å². The summed E-state index contributed by atoms with van der Waals surface area (Å²) >= 11 is 0. The minimum atomic E-state index is -5.37. The molecule has 2 aromatic carbocycles. The second-order valence-corrected chi connectivity index (χ2v) is 13.1. The van der Waals surface area contributed by atoms with Crippen molar-refractivity contribution in [3.63, 3.8) is 0 Å². The first-order valence-corrected chi connectivity index (χ1v) is 15.8. The van der Waals surface area contributed by atoms with Crippen LogP contribution in [0.25, 0.3) is 22.2 Å². The standard InChI is InChI=1S/C35H32F4N4O6/c1-33(32(46)42-22-13-23(44)14-22)17-48-30-25(33)15-27(43-29(30)18-4-6-21(36)7-5-18)34(47,35(37,38)39)16-41-31(45)20-11-19-3-2-10-40-28(19)26(12-20)49-24-8-9-24/h2-7,10-12,15,22-24,44,47H,8-9,13-14,16-17H2,1H3,(H,41,45)(H,42,46)/t22?,23?,33-,34?/m0/s1. The normalized spacial score (nSPS) is 22.8. The maximum Gasteiger partial charge on any atom is 0.424 e. The number of rotatable bonds is 9. The lowest BCUT2D eigenvalue weighted by Crippen LogP contribution is -2.53. The molecule has 2 fully saturated rings. The van der Waals surface area contributed by atoms with E-state index in [9.17, 15) is 37.4 Å². The number of alkyl halides is 3. The second-order valence-electron chi connectivity index (χ2n) is 13.1. The number of halogens is 4. The van der Waals surface area contributed by atoms with Gasteiger partial charge in [-0.05, 0) is 81.1 Å². The number of fused-ring (bicyclic) bond motifs is 2. The van der Waals surface area contributed by atoms with Crippen molar-refractivity contribution in [1.82, 2.24) is 20.6 Å². The fourth-order valence-corrected chi connectivity index (χ4v) is 6.03. The quantitative estimate of drug-likeness (QED) is 0.190. The molecule has 256 valence electrons. The predicted octanol–water partition coefficient (Wildman–Crippen LogP) is 4.45. The third-order valence-electron chi connectivity index (χ3n) is 9.29. The van der Waals surface area contributed by atoms with E-state index in [1.165, 1.54) is 31.2 Å². The van der Waals surface area contributed by atoms with Crippen LogP contribution in [-0.2, 0) is 15.8 Å². The molecule has 3 heterocycles. The first-order chi connectivity index (χ1) is 23.2. The van der Waals surface area contributed by atoms with Crippen LogP contribution in [0.1, 0.15) is 54.2 Å². The van der Waals surface area contributed by atoms with E-state index < -0.39 is 53.2 Å². The minimum absolute atomic E-state index is 0.00294. The highest BCUT2D eigenvalue weighted by molar-refractivity contribution is 6.00. The van der Waals surface area contributed by atoms with Gasteiger partial charge in [0.25, 0.3) is 5.91 Å². The third-order valence-corrected chi connectivity index (χ3v) is 9.29. The van der Waals surface area contributed by atoms with E-state index in [1.807, 2.05) is 0 Å². The van der Waals surface area contributed by atoms with Gasteiger partial charge in [-0.1, -0.05) is 6.07 Å². The second kappa shape index (κ2) is 11.9. The zero-order valence-electron chi connectivity index (χ0n) is 26.2. The number of aromatic nitrogens is 2. The smallest absolute Gasteiger partial charge is 0.424 e. The van der Waals surface area contributed by atoms with Crippen molar-refractivity contribution < 1.29 is 46.8 Å². The maximum atomic E-state index is 15.0. The van der Waals surface area contributed by atoms with Gasteiger partial charge in [0.2, 0.25) is 11.5 Å². The lowest BCUT2D eigenvalue weighted by molar-refractivity contribution is -0.265. The topological polar surface area (TPSA) is 143 Å². The molecule has 2 atom stereocenters. The van der Waals surface area contributed by atoms with Gasteiger partial charge in [0.1, 0.15) is 40.5 Å². The average Bonchev–Trinajstić information content (AvgIpc) is 3.81. The van der Waals surface area contributed by atoms with Crippen molar-refractivity contribution >= 4 is 22.7 Å². The number of aliphatic hydroxyl groups excluding tert-OH is 1. The zero-order chi connectivity index (χ0) is 34.7. The van der Waals surface area contributed by atoms with Crippen LogP contribution in [0.2, 0.25) is 0 Å². The number of hydrogen-bond donors (Lipinski definition) is 4. The summed E-state index contributed by atoms with van der Waals surface area (Å²) in [7, 11) is 0. The van der Waals surface area contributed by atoms with Crippen LogP contribution in [0.5, 0.6) is 11.5 Å². The van der Waals surface area contributed by atoms with Crippen molar-refractivity contribution in [3.8, 4) is 22.8 Å². The molecular weight excluding hydrogens is 648 g/mol. The SMILES string of the molecule is C[C@]1(C(=O)NC2CC(O)C2)COc2c1cc(C(O)(CNC(=O)c1cc(OC3CC3)c3ncccc3c1)C(F)(F)F)nc2-c1ccc(F)cc1. The zero-order valence-corrected chi connectivity index (χ0v) is 26.2. The van der Waals surface area contributed by atoms with Crippen LogP contribution < -0.4 is 20.1 Å². The molecule has 1 unspecified atom stereocenters. The van der Waals surface area contributed by atoms with Gasteiger partial charge in [0, 0.05) is 34.3 Å². The first-order valence-electron chi connectivity index (χ1n) is 15.8. The molecule has 4 N–H and O–H groups in total. The highest BCUT2D eigenvalue weighted by Crippen LogP contribution is 2.48. The number of hydrogen-bond acceptors (Lipinski definition) is 8. The van der Waals surface area contributed by atoms with E-state index in [4.69, 9.17) is 9.47 Å². The summed E-state index contributed by atoms with van der Waals surface area (Å²) in [6, 6.07) is 11.6. The Balaban J connectivity index is 1.26. The van der Waals surface area contributed by atoms with Gasteiger partial charge in [-0.25, -0.2) is 9.37 Å². The lowest BCUT2D eigenvalue weighted by Gasteiger charge is -2.35. The van der Waals surface area contributed by atoms with Gasteiger partial charge in [0.05, 0.1) is 24.4 Å². The molecule has 2 amide bonds. The van der Waals surface area contributed by atoms with E-state index in [0.717, 1.165) is 31.0 Å². The van der Waals surface area contributed by atoms with E-state index in [-0.39, 0.29) is 46.9 Å². The molecule has 0 saturated heterocycles. The monoisotopic (exact) mass is 680 g/mol. The maximum absolute atomic E-state index is 15.0. The van der Waals surface area contributed by atoms with Crippen LogP contribution in [0.3, 0.4) is 0 Å². The molecule has 0 spiro atoms. The molecule has 2 aromatic heterocycles. The minimum Gasteiger partial charge on any atom is -0.489 e. The highest BCUT2D eigenvalue weighted by atomic mass is 19.4. The van der Waals surface area contributed by atoms with E-state index in [0.29, 0.717) is 29.5 Å². The number of carbonyl (C=O) groups is 2. The molecule has 10 nitrogen and oxygen atoms in total. The summed E-state index contributed by atoms with van der Waals surface area (Å²) < 4.78 is 70.5. The summed E-state index contributed by atoms with van der Waals surface area (Å²) in [5.74, 6) is -1.75. The van der Waals surface area contributed by atoms with Gasteiger partial charge in [-0.3, -0.25) is 14.6 Å². The lowest BCUT2D eigenvalue weighted by atomic mass is 9.80. The summed E-state index contributed by atoms with van der Waals surface area (Å²) in [5, 5.41) is 26.7. The first kappa shape index (κ1) is 32.7. The van der Waals surface area contributed by atoms with Crippen LogP contribution in [0, 0.1) is 5.82 Å². The molecule has 0 bridgehead atoms. The van der Waals surface area contributed by atoms with Crippen molar-refractivity contribution in [2.24, 2.45) is 0 Å². The average molecular weight is 681 g/mol. The Kier molecular flexibility index (Phi) is 7.98. The molecule has 2 aliphatic carbocycles. The summed E-state index contributed by atoms with van der Waals surface area (Å²) in [6.45, 7) is -0.102. The Morgan fingerprint density at radius 2 is 1.84 bits per heavy atom. The molecule has 7 rings (SSSR count). The molecule has 1 aliphatic heterocycles. The number of carbonyl (C=O) groups excluding carboxylic acids is 2. The highest BCUT2D eigenvalue weighted by Gasteiger charge is 2.58. The Morgan fingerprint density at radius 1 is 1.10 bits per heavy atom. The third kappa shape index (κ3) is 6.03. The number of amides is 2. The predicted molar refractivity (Wildman–Crippen MR) is 167 cm³/mol. The number of nitrogens with zero attached hydrogens (tertiary/aromatic N) is 2. The molecule has 0 radical (unpaired) electrons. The summed E-state index contributed by atoms with van der Waals surface area (Å²) in [6.07, 6.45) is -2.11. The number of ether oxygens (including phenoxy) is 2. The number of benzene rings is 2. The van der Waals surface area contributed by atoms with Crippen LogP contribution in [0.4, 0.5) is 17.6 Å². The molecule has 2 saturated carbocycles. The fourth-order valence-electron chi connectivity index (χ4n) is 6.03. The van der Waals surface area contributed by atoms with E-state index in [1.54, 1.807) is 18.3 Å². The largest absolute Gasteiger partial charge is 0.489 e. The van der Waals surface area contributed by atoms with E-state index >= 15 is 0 Å². The van der Waals surface area contributed by atoms with Crippen LogP contribution in [0.15, 0.2) is 60.8 Å².